The molecule has 158 valence electrons. The van der Waals surface area contributed by atoms with Crippen LogP contribution in [0.1, 0.15) is 34.8 Å². The van der Waals surface area contributed by atoms with Gasteiger partial charge in [-0.3, -0.25) is 9.48 Å². The summed E-state index contributed by atoms with van der Waals surface area (Å²) in [6.07, 6.45) is 4.86. The fraction of sp³-hybridized carbons (Fsp3) is 0.238. The highest BCUT2D eigenvalue weighted by molar-refractivity contribution is 5.95. The standard InChI is InChI=1S/C21H23N9O/c1-14(18-8-10-25-30(18)3)26-21(31)15-5-4-6-16(11-15)23-12-19-27-28-20(29(19)2)17-7-9-22-13-24-17/h4-11,13-14,23H,12H2,1-3H3,(H,26,31)/t14-/m0/s1. The van der Waals surface area contributed by atoms with Gasteiger partial charge in [0.1, 0.15) is 12.0 Å². The number of anilines is 1. The predicted octanol–water partition coefficient (Wildman–Crippen LogP) is 2.11. The number of aromatic nitrogens is 7. The van der Waals surface area contributed by atoms with Crippen LogP contribution in [-0.4, -0.2) is 40.4 Å². The molecule has 31 heavy (non-hydrogen) atoms. The highest BCUT2D eigenvalue weighted by atomic mass is 16.1. The lowest BCUT2D eigenvalue weighted by Gasteiger charge is -2.15. The Bertz CT molecular complexity index is 1180. The van der Waals surface area contributed by atoms with Gasteiger partial charge in [0.25, 0.3) is 5.91 Å². The zero-order valence-electron chi connectivity index (χ0n) is 17.5. The maximum Gasteiger partial charge on any atom is 0.251 e. The molecular formula is C21H23N9O. The van der Waals surface area contributed by atoms with Crippen molar-refractivity contribution >= 4 is 11.6 Å². The molecule has 3 aromatic heterocycles. The van der Waals surface area contributed by atoms with Gasteiger partial charge < -0.3 is 15.2 Å². The first kappa shape index (κ1) is 20.2. The molecule has 0 aliphatic rings. The molecule has 0 spiro atoms. The number of amides is 1. The summed E-state index contributed by atoms with van der Waals surface area (Å²) in [5, 5.41) is 18.9. The SMILES string of the molecule is C[C@H](NC(=O)c1cccc(NCc2nnc(-c3ccncn3)n2C)c1)c1ccnn1C. The van der Waals surface area contributed by atoms with Crippen LogP contribution < -0.4 is 10.6 Å². The number of nitrogens with zero attached hydrogens (tertiary/aromatic N) is 7. The average molecular weight is 417 g/mol. The molecule has 1 atom stereocenters. The molecule has 3 heterocycles. The summed E-state index contributed by atoms with van der Waals surface area (Å²) >= 11 is 0. The molecule has 0 aliphatic heterocycles. The van der Waals surface area contributed by atoms with Gasteiger partial charge in [-0.1, -0.05) is 6.07 Å². The van der Waals surface area contributed by atoms with E-state index in [-0.39, 0.29) is 11.9 Å². The summed E-state index contributed by atoms with van der Waals surface area (Å²) in [7, 11) is 3.74. The summed E-state index contributed by atoms with van der Waals surface area (Å²) in [6, 6.07) is 10.9. The Labute approximate surface area is 179 Å². The van der Waals surface area contributed by atoms with Gasteiger partial charge in [0.2, 0.25) is 0 Å². The molecule has 1 amide bonds. The molecule has 10 nitrogen and oxygen atoms in total. The number of nitrogens with one attached hydrogen (secondary N) is 2. The monoisotopic (exact) mass is 417 g/mol. The van der Waals surface area contributed by atoms with Crippen molar-refractivity contribution in [1.82, 2.24) is 39.8 Å². The van der Waals surface area contributed by atoms with Crippen LogP contribution in [0, 0.1) is 0 Å². The molecule has 2 N–H and O–H groups in total. The van der Waals surface area contributed by atoms with E-state index < -0.39 is 0 Å². The van der Waals surface area contributed by atoms with E-state index >= 15 is 0 Å². The third kappa shape index (κ3) is 4.42. The van der Waals surface area contributed by atoms with E-state index in [0.717, 1.165) is 17.2 Å². The van der Waals surface area contributed by atoms with Crippen LogP contribution in [-0.2, 0) is 20.6 Å². The van der Waals surface area contributed by atoms with Gasteiger partial charge in [-0.25, -0.2) is 9.97 Å². The number of hydrogen-bond acceptors (Lipinski definition) is 7. The van der Waals surface area contributed by atoms with E-state index in [1.165, 1.54) is 6.33 Å². The van der Waals surface area contributed by atoms with Crippen LogP contribution in [0.5, 0.6) is 0 Å². The van der Waals surface area contributed by atoms with Crippen molar-refractivity contribution < 1.29 is 4.79 Å². The summed E-state index contributed by atoms with van der Waals surface area (Å²) < 4.78 is 3.63. The molecule has 1 aromatic carbocycles. The molecule has 0 radical (unpaired) electrons. The van der Waals surface area contributed by atoms with Crippen LogP contribution >= 0.6 is 0 Å². The summed E-state index contributed by atoms with van der Waals surface area (Å²) in [5.41, 5.74) is 3.02. The number of benzene rings is 1. The maximum absolute atomic E-state index is 12.7. The number of hydrogen-bond donors (Lipinski definition) is 2. The number of aryl methyl sites for hydroxylation is 1. The topological polar surface area (TPSA) is 115 Å². The van der Waals surface area contributed by atoms with Gasteiger partial charge in [-0.15, -0.1) is 10.2 Å². The molecule has 10 heteroatoms. The Morgan fingerprint density at radius 2 is 2.00 bits per heavy atom. The molecule has 0 bridgehead atoms. The Hall–Kier alpha value is -4.08. The summed E-state index contributed by atoms with van der Waals surface area (Å²) in [5.74, 6) is 1.26. The Kier molecular flexibility index (Phi) is 5.69. The second-order valence-electron chi connectivity index (χ2n) is 7.10. The second-order valence-corrected chi connectivity index (χ2v) is 7.10. The Balaban J connectivity index is 1.42. The largest absolute Gasteiger partial charge is 0.378 e. The van der Waals surface area contributed by atoms with Crippen LogP contribution in [0.25, 0.3) is 11.5 Å². The zero-order valence-corrected chi connectivity index (χ0v) is 17.5. The third-order valence-electron chi connectivity index (χ3n) is 5.00. The van der Waals surface area contributed by atoms with Gasteiger partial charge in [0.05, 0.1) is 18.3 Å². The lowest BCUT2D eigenvalue weighted by molar-refractivity contribution is 0.0938. The van der Waals surface area contributed by atoms with Gasteiger partial charge in [0.15, 0.2) is 11.6 Å². The van der Waals surface area contributed by atoms with Gasteiger partial charge in [-0.05, 0) is 37.3 Å². The van der Waals surface area contributed by atoms with E-state index in [4.69, 9.17) is 0 Å². The fourth-order valence-corrected chi connectivity index (χ4v) is 3.28. The first-order valence-electron chi connectivity index (χ1n) is 9.80. The number of carbonyl (C=O) groups is 1. The minimum atomic E-state index is -0.157. The van der Waals surface area contributed by atoms with Crippen LogP contribution in [0.4, 0.5) is 5.69 Å². The normalized spacial score (nSPS) is 11.8. The van der Waals surface area contributed by atoms with Crippen molar-refractivity contribution in [3.8, 4) is 11.5 Å². The van der Waals surface area contributed by atoms with Gasteiger partial charge in [0, 0.05) is 37.7 Å². The second kappa shape index (κ2) is 8.74. The lowest BCUT2D eigenvalue weighted by Crippen LogP contribution is -2.28. The van der Waals surface area contributed by atoms with Crippen molar-refractivity contribution in [2.24, 2.45) is 14.1 Å². The molecule has 0 saturated carbocycles. The van der Waals surface area contributed by atoms with Crippen molar-refractivity contribution in [2.75, 3.05) is 5.32 Å². The Morgan fingerprint density at radius 1 is 1.13 bits per heavy atom. The third-order valence-corrected chi connectivity index (χ3v) is 5.00. The quantitative estimate of drug-likeness (QED) is 0.473. The molecule has 0 unspecified atom stereocenters. The molecule has 0 fully saturated rings. The maximum atomic E-state index is 12.7. The van der Waals surface area contributed by atoms with Crippen LogP contribution in [0.3, 0.4) is 0 Å². The zero-order chi connectivity index (χ0) is 21.8. The van der Waals surface area contributed by atoms with Crippen molar-refractivity contribution in [3.63, 3.8) is 0 Å². The van der Waals surface area contributed by atoms with Gasteiger partial charge in [-0.2, -0.15) is 5.10 Å². The smallest absolute Gasteiger partial charge is 0.251 e. The van der Waals surface area contributed by atoms with Crippen molar-refractivity contribution in [1.29, 1.82) is 0 Å². The van der Waals surface area contributed by atoms with Crippen LogP contribution in [0.2, 0.25) is 0 Å². The van der Waals surface area contributed by atoms with E-state index in [1.807, 2.05) is 49.9 Å². The average Bonchev–Trinajstić information content (AvgIpc) is 3.38. The summed E-state index contributed by atoms with van der Waals surface area (Å²) in [4.78, 5) is 20.8. The van der Waals surface area contributed by atoms with Crippen molar-refractivity contribution in [2.45, 2.75) is 19.5 Å². The highest BCUT2D eigenvalue weighted by Crippen LogP contribution is 2.17. The number of carbonyl (C=O) groups excluding carboxylic acids is 1. The van der Waals surface area contributed by atoms with E-state index in [0.29, 0.717) is 23.6 Å². The van der Waals surface area contributed by atoms with Crippen LogP contribution in [0.15, 0.2) is 55.1 Å². The highest BCUT2D eigenvalue weighted by Gasteiger charge is 2.15. The predicted molar refractivity (Wildman–Crippen MR) is 115 cm³/mol. The van der Waals surface area contributed by atoms with E-state index in [2.05, 4.69) is 35.9 Å². The minimum absolute atomic E-state index is 0.151. The fourth-order valence-electron chi connectivity index (χ4n) is 3.28. The molecule has 4 rings (SSSR count). The first-order chi connectivity index (χ1) is 15.0. The Morgan fingerprint density at radius 3 is 2.74 bits per heavy atom. The molecule has 0 aliphatic carbocycles. The lowest BCUT2D eigenvalue weighted by atomic mass is 10.1. The van der Waals surface area contributed by atoms with E-state index in [1.54, 1.807) is 29.2 Å². The number of rotatable bonds is 7. The van der Waals surface area contributed by atoms with Crippen molar-refractivity contribution in [3.05, 3.63) is 72.2 Å². The molecule has 4 aromatic rings. The van der Waals surface area contributed by atoms with Gasteiger partial charge >= 0.3 is 0 Å². The molecule has 0 saturated heterocycles. The first-order valence-corrected chi connectivity index (χ1v) is 9.80. The summed E-state index contributed by atoms with van der Waals surface area (Å²) in [6.45, 7) is 2.38. The minimum Gasteiger partial charge on any atom is -0.378 e. The molecular weight excluding hydrogens is 394 g/mol. The van der Waals surface area contributed by atoms with E-state index in [9.17, 15) is 4.79 Å².